The van der Waals surface area contributed by atoms with Crippen LogP contribution in [0.15, 0.2) is 54.6 Å². The predicted octanol–water partition coefficient (Wildman–Crippen LogP) is 2.96. The Balaban J connectivity index is 1.91. The number of rotatable bonds is 5. The van der Waals surface area contributed by atoms with Crippen molar-refractivity contribution in [1.82, 2.24) is 4.90 Å². The van der Waals surface area contributed by atoms with Gasteiger partial charge in [-0.15, -0.1) is 0 Å². The molecule has 0 aliphatic heterocycles. The molecule has 2 aromatic rings. The number of benzene rings is 2. The SMILES string of the molecule is CN(Cc1ccccc1)CC(N)c1ccc(F)cc1. The van der Waals surface area contributed by atoms with Crippen molar-refractivity contribution < 1.29 is 4.39 Å². The van der Waals surface area contributed by atoms with Crippen LogP contribution in [0.4, 0.5) is 4.39 Å². The average Bonchev–Trinajstić information content (AvgIpc) is 2.40. The number of hydrogen-bond acceptors (Lipinski definition) is 2. The zero-order chi connectivity index (χ0) is 13.7. The van der Waals surface area contributed by atoms with Crippen LogP contribution in [0.2, 0.25) is 0 Å². The number of halogens is 1. The lowest BCUT2D eigenvalue weighted by atomic mass is 10.1. The van der Waals surface area contributed by atoms with E-state index in [0.717, 1.165) is 18.7 Å². The summed E-state index contributed by atoms with van der Waals surface area (Å²) in [6, 6.07) is 16.6. The first kappa shape index (κ1) is 13.7. The number of hydrogen-bond donors (Lipinski definition) is 1. The first-order chi connectivity index (χ1) is 9.15. The molecule has 0 aromatic heterocycles. The molecule has 3 heteroatoms. The second-order valence-corrected chi connectivity index (χ2v) is 4.84. The van der Waals surface area contributed by atoms with Crippen LogP contribution in [-0.2, 0) is 6.54 Å². The van der Waals surface area contributed by atoms with E-state index in [-0.39, 0.29) is 11.9 Å². The maximum Gasteiger partial charge on any atom is 0.123 e. The molecule has 1 unspecified atom stereocenters. The Morgan fingerprint density at radius 1 is 1.05 bits per heavy atom. The molecule has 2 N–H and O–H groups in total. The van der Waals surface area contributed by atoms with E-state index in [0.29, 0.717) is 0 Å². The molecule has 100 valence electrons. The van der Waals surface area contributed by atoms with E-state index < -0.39 is 0 Å². The summed E-state index contributed by atoms with van der Waals surface area (Å²) in [7, 11) is 2.04. The molecular formula is C16H19FN2. The van der Waals surface area contributed by atoms with Crippen LogP contribution in [-0.4, -0.2) is 18.5 Å². The molecule has 0 radical (unpaired) electrons. The normalized spacial score (nSPS) is 12.6. The van der Waals surface area contributed by atoms with Crippen molar-refractivity contribution in [2.75, 3.05) is 13.6 Å². The molecule has 2 rings (SSSR count). The number of nitrogens with zero attached hydrogens (tertiary/aromatic N) is 1. The lowest BCUT2D eigenvalue weighted by Gasteiger charge is -2.21. The summed E-state index contributed by atoms with van der Waals surface area (Å²) in [5.41, 5.74) is 8.36. The molecule has 0 amide bonds. The highest BCUT2D eigenvalue weighted by Crippen LogP contribution is 2.13. The van der Waals surface area contributed by atoms with Gasteiger partial charge in [0.25, 0.3) is 0 Å². The summed E-state index contributed by atoms with van der Waals surface area (Å²) >= 11 is 0. The third-order valence-electron chi connectivity index (χ3n) is 3.10. The van der Waals surface area contributed by atoms with Crippen molar-refractivity contribution >= 4 is 0 Å². The van der Waals surface area contributed by atoms with Crippen LogP contribution in [0.5, 0.6) is 0 Å². The van der Waals surface area contributed by atoms with Gasteiger partial charge in [0, 0.05) is 19.1 Å². The molecule has 0 heterocycles. The molecule has 2 aromatic carbocycles. The average molecular weight is 258 g/mol. The van der Waals surface area contributed by atoms with E-state index in [1.165, 1.54) is 17.7 Å². The van der Waals surface area contributed by atoms with Crippen LogP contribution < -0.4 is 5.73 Å². The zero-order valence-corrected chi connectivity index (χ0v) is 11.1. The molecule has 1 atom stereocenters. The summed E-state index contributed by atoms with van der Waals surface area (Å²) in [6.45, 7) is 1.59. The van der Waals surface area contributed by atoms with Crippen LogP contribution in [0.1, 0.15) is 17.2 Å². The van der Waals surface area contributed by atoms with Crippen LogP contribution in [0.3, 0.4) is 0 Å². The molecule has 0 bridgehead atoms. The van der Waals surface area contributed by atoms with Crippen LogP contribution in [0, 0.1) is 5.82 Å². The minimum Gasteiger partial charge on any atom is -0.323 e. The Morgan fingerprint density at radius 2 is 1.68 bits per heavy atom. The van der Waals surface area contributed by atoms with Gasteiger partial charge in [0.15, 0.2) is 0 Å². The maximum absolute atomic E-state index is 12.8. The van der Waals surface area contributed by atoms with E-state index in [1.54, 1.807) is 12.1 Å². The summed E-state index contributed by atoms with van der Waals surface area (Å²) in [4.78, 5) is 2.17. The third kappa shape index (κ3) is 4.16. The van der Waals surface area contributed by atoms with Gasteiger partial charge in [-0.05, 0) is 30.3 Å². The van der Waals surface area contributed by atoms with E-state index >= 15 is 0 Å². The molecular weight excluding hydrogens is 239 g/mol. The topological polar surface area (TPSA) is 29.3 Å². The second-order valence-electron chi connectivity index (χ2n) is 4.84. The Bertz CT molecular complexity index is 496. The van der Waals surface area contributed by atoms with E-state index in [9.17, 15) is 4.39 Å². The molecule has 0 aliphatic carbocycles. The Labute approximate surface area is 113 Å². The van der Waals surface area contributed by atoms with Crippen molar-refractivity contribution in [2.45, 2.75) is 12.6 Å². The van der Waals surface area contributed by atoms with Crippen molar-refractivity contribution in [3.05, 3.63) is 71.5 Å². The van der Waals surface area contributed by atoms with E-state index in [1.807, 2.05) is 25.2 Å². The standard InChI is InChI=1S/C16H19FN2/c1-19(11-13-5-3-2-4-6-13)12-16(18)14-7-9-15(17)10-8-14/h2-10,16H,11-12,18H2,1H3. The summed E-state index contributed by atoms with van der Waals surface area (Å²) in [5.74, 6) is -0.228. The predicted molar refractivity (Wildman–Crippen MR) is 76.1 cm³/mol. The third-order valence-corrected chi connectivity index (χ3v) is 3.10. The highest BCUT2D eigenvalue weighted by molar-refractivity contribution is 5.20. The van der Waals surface area contributed by atoms with Gasteiger partial charge < -0.3 is 10.6 Å². The van der Waals surface area contributed by atoms with Gasteiger partial charge in [0.2, 0.25) is 0 Å². The van der Waals surface area contributed by atoms with Gasteiger partial charge in [-0.1, -0.05) is 42.5 Å². The second kappa shape index (κ2) is 6.45. The van der Waals surface area contributed by atoms with Gasteiger partial charge >= 0.3 is 0 Å². The van der Waals surface area contributed by atoms with Gasteiger partial charge in [-0.3, -0.25) is 0 Å². The lowest BCUT2D eigenvalue weighted by Crippen LogP contribution is -2.28. The summed E-state index contributed by atoms with van der Waals surface area (Å²) in [6.07, 6.45) is 0. The van der Waals surface area contributed by atoms with E-state index in [2.05, 4.69) is 17.0 Å². The van der Waals surface area contributed by atoms with Crippen LogP contribution in [0.25, 0.3) is 0 Å². The van der Waals surface area contributed by atoms with Crippen molar-refractivity contribution in [2.24, 2.45) is 5.73 Å². The molecule has 2 nitrogen and oxygen atoms in total. The van der Waals surface area contributed by atoms with Crippen molar-refractivity contribution in [3.63, 3.8) is 0 Å². The molecule has 19 heavy (non-hydrogen) atoms. The fourth-order valence-electron chi connectivity index (χ4n) is 2.11. The number of likely N-dealkylation sites (N-methyl/N-ethyl adjacent to an activating group) is 1. The fraction of sp³-hybridized carbons (Fsp3) is 0.250. The van der Waals surface area contributed by atoms with Gasteiger partial charge in [-0.2, -0.15) is 0 Å². The molecule has 0 aliphatic rings. The minimum absolute atomic E-state index is 0.102. The quantitative estimate of drug-likeness (QED) is 0.893. The van der Waals surface area contributed by atoms with Gasteiger partial charge in [-0.25, -0.2) is 4.39 Å². The first-order valence-corrected chi connectivity index (χ1v) is 6.38. The van der Waals surface area contributed by atoms with Gasteiger partial charge in [0.05, 0.1) is 0 Å². The Kier molecular flexibility index (Phi) is 4.66. The Morgan fingerprint density at radius 3 is 2.32 bits per heavy atom. The molecule has 0 saturated carbocycles. The smallest absolute Gasteiger partial charge is 0.123 e. The lowest BCUT2D eigenvalue weighted by molar-refractivity contribution is 0.305. The summed E-state index contributed by atoms with van der Waals surface area (Å²) in [5, 5.41) is 0. The van der Waals surface area contributed by atoms with Crippen molar-refractivity contribution in [1.29, 1.82) is 0 Å². The molecule has 0 spiro atoms. The zero-order valence-electron chi connectivity index (χ0n) is 11.1. The monoisotopic (exact) mass is 258 g/mol. The maximum atomic E-state index is 12.8. The molecule has 0 fully saturated rings. The summed E-state index contributed by atoms with van der Waals surface area (Å²) < 4.78 is 12.8. The minimum atomic E-state index is -0.228. The largest absolute Gasteiger partial charge is 0.323 e. The first-order valence-electron chi connectivity index (χ1n) is 6.38. The molecule has 0 saturated heterocycles. The Hall–Kier alpha value is -1.71. The number of nitrogens with two attached hydrogens (primary N) is 1. The highest BCUT2D eigenvalue weighted by atomic mass is 19.1. The van der Waals surface area contributed by atoms with E-state index in [4.69, 9.17) is 5.73 Å². The van der Waals surface area contributed by atoms with Gasteiger partial charge in [0.1, 0.15) is 5.82 Å². The van der Waals surface area contributed by atoms with Crippen molar-refractivity contribution in [3.8, 4) is 0 Å². The highest BCUT2D eigenvalue weighted by Gasteiger charge is 2.09. The van der Waals surface area contributed by atoms with Crippen LogP contribution >= 0.6 is 0 Å². The fourth-order valence-corrected chi connectivity index (χ4v) is 2.11.